The third kappa shape index (κ3) is 2.62. The molecule has 104 valence electrons. The van der Waals surface area contributed by atoms with Crippen molar-refractivity contribution in [1.82, 2.24) is 15.2 Å². The maximum atomic E-state index is 13.8. The van der Waals surface area contributed by atoms with Crippen molar-refractivity contribution in [2.75, 3.05) is 5.32 Å². The number of carboxylic acid groups (broad SMARTS) is 1. The van der Waals surface area contributed by atoms with E-state index in [1.165, 1.54) is 12.1 Å². The van der Waals surface area contributed by atoms with Gasteiger partial charge in [0.2, 0.25) is 5.95 Å². The minimum atomic E-state index is -1.19. The van der Waals surface area contributed by atoms with E-state index in [1.54, 1.807) is 12.1 Å². The molecule has 2 aromatic carbocycles. The number of hydrogen-bond acceptors (Lipinski definition) is 5. The Bertz CT molecular complexity index is 838. The van der Waals surface area contributed by atoms with E-state index >= 15 is 0 Å². The molecule has 0 aliphatic rings. The van der Waals surface area contributed by atoms with Gasteiger partial charge in [-0.05, 0) is 30.3 Å². The Hall–Kier alpha value is -3.09. The Balaban J connectivity index is 1.93. The van der Waals surface area contributed by atoms with E-state index in [0.29, 0.717) is 11.0 Å². The number of carboxylic acids is 1. The average Bonchev–Trinajstić information content (AvgIpc) is 2.49. The van der Waals surface area contributed by atoms with E-state index in [-0.39, 0.29) is 17.2 Å². The number of benzene rings is 2. The van der Waals surface area contributed by atoms with E-state index in [4.69, 9.17) is 5.11 Å². The molecule has 0 saturated carbocycles. The quantitative estimate of drug-likeness (QED) is 0.768. The van der Waals surface area contributed by atoms with Gasteiger partial charge in [-0.25, -0.2) is 14.2 Å². The summed E-state index contributed by atoms with van der Waals surface area (Å²) in [5, 5.41) is 19.3. The predicted octanol–water partition coefficient (Wildman–Crippen LogP) is 2.61. The van der Waals surface area contributed by atoms with Crippen molar-refractivity contribution in [2.45, 2.75) is 0 Å². The number of anilines is 2. The zero-order valence-electron chi connectivity index (χ0n) is 10.6. The van der Waals surface area contributed by atoms with Crippen LogP contribution in [-0.2, 0) is 0 Å². The summed E-state index contributed by atoms with van der Waals surface area (Å²) in [5.74, 6) is -1.76. The van der Waals surface area contributed by atoms with Crippen molar-refractivity contribution < 1.29 is 14.3 Å². The van der Waals surface area contributed by atoms with Gasteiger partial charge in [0.1, 0.15) is 11.3 Å². The van der Waals surface area contributed by atoms with Crippen LogP contribution in [0.3, 0.4) is 0 Å². The molecule has 3 rings (SSSR count). The summed E-state index contributed by atoms with van der Waals surface area (Å²) in [5.41, 5.74) is 1.20. The SMILES string of the molecule is O=C(O)c1ccc(Nc2nnc3ccccc3n2)c(F)c1. The van der Waals surface area contributed by atoms with Crippen molar-refractivity contribution in [2.24, 2.45) is 0 Å². The first kappa shape index (κ1) is 12.9. The topological polar surface area (TPSA) is 88.0 Å². The summed E-state index contributed by atoms with van der Waals surface area (Å²) < 4.78 is 13.8. The highest BCUT2D eigenvalue weighted by molar-refractivity contribution is 5.88. The Kier molecular flexibility index (Phi) is 3.15. The van der Waals surface area contributed by atoms with Crippen LogP contribution in [0.1, 0.15) is 10.4 Å². The summed E-state index contributed by atoms with van der Waals surface area (Å²) in [7, 11) is 0. The number of carbonyl (C=O) groups is 1. The van der Waals surface area contributed by atoms with Crippen LogP contribution in [-0.4, -0.2) is 26.3 Å². The van der Waals surface area contributed by atoms with Gasteiger partial charge < -0.3 is 10.4 Å². The first-order valence-corrected chi connectivity index (χ1v) is 6.03. The number of nitrogens with zero attached hydrogens (tertiary/aromatic N) is 3. The summed E-state index contributed by atoms with van der Waals surface area (Å²) in [6.07, 6.45) is 0. The largest absolute Gasteiger partial charge is 0.478 e. The third-order valence-corrected chi connectivity index (χ3v) is 2.82. The van der Waals surface area contributed by atoms with Crippen LogP contribution in [0, 0.1) is 5.82 Å². The fourth-order valence-electron chi connectivity index (χ4n) is 1.80. The van der Waals surface area contributed by atoms with Gasteiger partial charge in [0, 0.05) is 0 Å². The molecule has 0 aliphatic heterocycles. The van der Waals surface area contributed by atoms with Gasteiger partial charge in [-0.3, -0.25) is 0 Å². The molecule has 1 heterocycles. The number of aromatic nitrogens is 3. The molecule has 0 saturated heterocycles. The molecule has 21 heavy (non-hydrogen) atoms. The number of rotatable bonds is 3. The average molecular weight is 284 g/mol. The second kappa shape index (κ2) is 5.12. The lowest BCUT2D eigenvalue weighted by Gasteiger charge is -2.06. The Morgan fingerprint density at radius 2 is 1.86 bits per heavy atom. The molecule has 6 nitrogen and oxygen atoms in total. The Morgan fingerprint density at radius 1 is 1.10 bits per heavy atom. The number of aromatic carboxylic acids is 1. The molecule has 1 aromatic heterocycles. The fraction of sp³-hybridized carbons (Fsp3) is 0. The highest BCUT2D eigenvalue weighted by atomic mass is 19.1. The lowest BCUT2D eigenvalue weighted by Crippen LogP contribution is -2.03. The normalized spacial score (nSPS) is 10.5. The molecule has 0 amide bonds. The van der Waals surface area contributed by atoms with E-state index in [2.05, 4.69) is 20.5 Å². The molecule has 0 bridgehead atoms. The van der Waals surface area contributed by atoms with Gasteiger partial charge in [0.15, 0.2) is 0 Å². The molecule has 0 aliphatic carbocycles. The summed E-state index contributed by atoms with van der Waals surface area (Å²) in [4.78, 5) is 14.9. The lowest BCUT2D eigenvalue weighted by molar-refractivity contribution is 0.0696. The minimum absolute atomic E-state index is 0.0806. The van der Waals surface area contributed by atoms with E-state index in [1.807, 2.05) is 12.1 Å². The lowest BCUT2D eigenvalue weighted by atomic mass is 10.2. The van der Waals surface area contributed by atoms with Gasteiger partial charge in [0.25, 0.3) is 0 Å². The zero-order valence-corrected chi connectivity index (χ0v) is 10.6. The van der Waals surface area contributed by atoms with Crippen LogP contribution >= 0.6 is 0 Å². The van der Waals surface area contributed by atoms with E-state index in [9.17, 15) is 9.18 Å². The van der Waals surface area contributed by atoms with Crippen LogP contribution in [0.2, 0.25) is 0 Å². The van der Waals surface area contributed by atoms with Crippen LogP contribution in [0.15, 0.2) is 42.5 Å². The first-order valence-electron chi connectivity index (χ1n) is 6.03. The summed E-state index contributed by atoms with van der Waals surface area (Å²) in [6, 6.07) is 10.7. The van der Waals surface area contributed by atoms with Crippen molar-refractivity contribution in [3.05, 3.63) is 53.8 Å². The molecule has 0 spiro atoms. The summed E-state index contributed by atoms with van der Waals surface area (Å²) >= 11 is 0. The standard InChI is InChI=1S/C14H9FN4O2/c15-9-7-8(13(20)21)5-6-10(9)16-14-17-11-3-1-2-4-12(11)18-19-14/h1-7H,(H,20,21)(H,16,17,19). The second-order valence-corrected chi connectivity index (χ2v) is 4.25. The highest BCUT2D eigenvalue weighted by Crippen LogP contribution is 2.19. The predicted molar refractivity (Wildman–Crippen MR) is 74.0 cm³/mol. The fourth-order valence-corrected chi connectivity index (χ4v) is 1.80. The maximum absolute atomic E-state index is 13.8. The third-order valence-electron chi connectivity index (χ3n) is 2.82. The van der Waals surface area contributed by atoms with Crippen molar-refractivity contribution >= 4 is 28.6 Å². The van der Waals surface area contributed by atoms with Gasteiger partial charge in [0.05, 0.1) is 16.8 Å². The van der Waals surface area contributed by atoms with Crippen LogP contribution in [0.5, 0.6) is 0 Å². The molecule has 0 radical (unpaired) electrons. The van der Waals surface area contributed by atoms with Crippen molar-refractivity contribution in [3.63, 3.8) is 0 Å². The molecule has 0 atom stereocenters. The number of fused-ring (bicyclic) bond motifs is 1. The smallest absolute Gasteiger partial charge is 0.335 e. The van der Waals surface area contributed by atoms with E-state index < -0.39 is 11.8 Å². The second-order valence-electron chi connectivity index (χ2n) is 4.25. The van der Waals surface area contributed by atoms with Gasteiger partial charge >= 0.3 is 5.97 Å². The number of hydrogen-bond donors (Lipinski definition) is 2. The van der Waals surface area contributed by atoms with Crippen molar-refractivity contribution in [3.8, 4) is 0 Å². The number of para-hydroxylation sites is 1. The molecular weight excluding hydrogens is 275 g/mol. The first-order chi connectivity index (χ1) is 10.1. The molecule has 3 aromatic rings. The van der Waals surface area contributed by atoms with E-state index in [0.717, 1.165) is 6.07 Å². The van der Waals surface area contributed by atoms with Gasteiger partial charge in [-0.15, -0.1) is 10.2 Å². The minimum Gasteiger partial charge on any atom is -0.478 e. The van der Waals surface area contributed by atoms with Crippen LogP contribution in [0.4, 0.5) is 16.0 Å². The zero-order chi connectivity index (χ0) is 14.8. The Labute approximate surface area is 118 Å². The highest BCUT2D eigenvalue weighted by Gasteiger charge is 2.10. The maximum Gasteiger partial charge on any atom is 0.335 e. The number of nitrogens with one attached hydrogen (secondary N) is 1. The molecule has 0 fully saturated rings. The van der Waals surface area contributed by atoms with Crippen LogP contribution < -0.4 is 5.32 Å². The summed E-state index contributed by atoms with van der Waals surface area (Å²) in [6.45, 7) is 0. The molecule has 7 heteroatoms. The monoisotopic (exact) mass is 284 g/mol. The number of halogens is 1. The van der Waals surface area contributed by atoms with Crippen molar-refractivity contribution in [1.29, 1.82) is 0 Å². The molecule has 2 N–H and O–H groups in total. The van der Waals surface area contributed by atoms with Gasteiger partial charge in [-0.2, -0.15) is 0 Å². The van der Waals surface area contributed by atoms with Gasteiger partial charge in [-0.1, -0.05) is 12.1 Å². The molecule has 0 unspecified atom stereocenters. The molecular formula is C14H9FN4O2. The Morgan fingerprint density at radius 3 is 2.57 bits per heavy atom. The van der Waals surface area contributed by atoms with Crippen LogP contribution in [0.25, 0.3) is 11.0 Å².